The Kier molecular flexibility index (Phi) is 5.09. The number of hydrogen-bond acceptors (Lipinski definition) is 4. The van der Waals surface area contributed by atoms with E-state index in [9.17, 15) is 14.4 Å². The van der Waals surface area contributed by atoms with Gasteiger partial charge in [0.25, 0.3) is 0 Å². The Labute approximate surface area is 162 Å². The molecule has 0 bridgehead atoms. The molecule has 3 rings (SSSR count). The van der Waals surface area contributed by atoms with Gasteiger partial charge in [-0.3, -0.25) is 14.4 Å². The average Bonchev–Trinajstić information content (AvgIpc) is 2.66. The number of rotatable bonds is 4. The van der Waals surface area contributed by atoms with E-state index in [4.69, 9.17) is 0 Å². The summed E-state index contributed by atoms with van der Waals surface area (Å²) in [6.07, 6.45) is 0.254. The van der Waals surface area contributed by atoms with Crippen molar-refractivity contribution in [2.75, 3.05) is 24.3 Å². The molecule has 3 aromatic rings. The largest absolute Gasteiger partial charge is 0.376 e. The van der Waals surface area contributed by atoms with E-state index in [1.165, 1.54) is 9.13 Å². The molecule has 28 heavy (non-hydrogen) atoms. The van der Waals surface area contributed by atoms with Gasteiger partial charge in [-0.05, 0) is 30.2 Å². The Morgan fingerprint density at radius 1 is 1.00 bits per heavy atom. The van der Waals surface area contributed by atoms with E-state index in [2.05, 4.69) is 5.32 Å². The van der Waals surface area contributed by atoms with Crippen molar-refractivity contribution >= 4 is 28.3 Å². The van der Waals surface area contributed by atoms with Gasteiger partial charge >= 0.3 is 11.1 Å². The first-order chi connectivity index (χ1) is 13.2. The number of carbonyl (C=O) groups is 1. The maximum absolute atomic E-state index is 12.7. The summed E-state index contributed by atoms with van der Waals surface area (Å²) in [5, 5.41) is 2.96. The average molecular weight is 380 g/mol. The summed E-state index contributed by atoms with van der Waals surface area (Å²) in [4.78, 5) is 38.8. The van der Waals surface area contributed by atoms with E-state index < -0.39 is 11.1 Å². The van der Waals surface area contributed by atoms with Crippen molar-refractivity contribution in [2.24, 2.45) is 14.1 Å². The highest BCUT2D eigenvalue weighted by Gasteiger charge is 2.16. The van der Waals surface area contributed by atoms with Crippen molar-refractivity contribution in [1.29, 1.82) is 0 Å². The fourth-order valence-electron chi connectivity index (χ4n) is 3.25. The van der Waals surface area contributed by atoms with Gasteiger partial charge < -0.3 is 19.4 Å². The first kappa shape index (κ1) is 19.4. The molecule has 0 radical (unpaired) electrons. The minimum atomic E-state index is -0.607. The molecule has 0 atom stereocenters. The van der Waals surface area contributed by atoms with Gasteiger partial charge in [0.1, 0.15) is 0 Å². The topological polar surface area (TPSA) is 76.3 Å². The lowest BCUT2D eigenvalue weighted by Gasteiger charge is -2.21. The fraction of sp³-hybridized carbons (Fsp3) is 0.286. The molecule has 2 aromatic carbocycles. The second-order valence-electron chi connectivity index (χ2n) is 7.13. The summed E-state index contributed by atoms with van der Waals surface area (Å²) >= 11 is 0. The predicted octanol–water partition coefficient (Wildman–Crippen LogP) is 1.79. The van der Waals surface area contributed by atoms with Crippen molar-refractivity contribution < 1.29 is 4.79 Å². The zero-order valence-corrected chi connectivity index (χ0v) is 16.7. The SMILES string of the molecule is Cc1ccccc1CC(=O)Nc1cc2c(cc1N(C)C)n(C)c(=O)c(=O)n2C. The number of hydrogen-bond donors (Lipinski definition) is 1. The number of benzene rings is 2. The lowest BCUT2D eigenvalue weighted by atomic mass is 10.1. The third kappa shape index (κ3) is 3.43. The van der Waals surface area contributed by atoms with Crippen LogP contribution in [0.2, 0.25) is 0 Å². The van der Waals surface area contributed by atoms with Crippen molar-refractivity contribution in [1.82, 2.24) is 9.13 Å². The van der Waals surface area contributed by atoms with E-state index in [-0.39, 0.29) is 12.3 Å². The summed E-state index contributed by atoms with van der Waals surface area (Å²) < 4.78 is 2.65. The Hall–Kier alpha value is -3.35. The van der Waals surface area contributed by atoms with Crippen LogP contribution in [-0.4, -0.2) is 29.1 Å². The van der Waals surface area contributed by atoms with Gasteiger partial charge in [-0.25, -0.2) is 0 Å². The summed E-state index contributed by atoms with van der Waals surface area (Å²) in [5.41, 5.74) is 3.35. The van der Waals surface area contributed by atoms with E-state index >= 15 is 0 Å². The molecule has 7 nitrogen and oxygen atoms in total. The van der Waals surface area contributed by atoms with E-state index in [1.807, 2.05) is 50.2 Å². The van der Waals surface area contributed by atoms with Crippen LogP contribution in [0.1, 0.15) is 11.1 Å². The highest BCUT2D eigenvalue weighted by molar-refractivity contribution is 5.99. The number of aromatic nitrogens is 2. The van der Waals surface area contributed by atoms with Crippen molar-refractivity contribution in [3.05, 3.63) is 68.2 Å². The standard InChI is InChI=1S/C21H24N4O3/c1-13-8-6-7-9-14(13)10-19(26)22-15-11-17-18(12-16(15)23(2)3)25(5)21(28)20(27)24(17)4/h6-9,11-12H,10H2,1-5H3,(H,22,26). The van der Waals surface area contributed by atoms with Crippen molar-refractivity contribution in [2.45, 2.75) is 13.3 Å². The molecule has 0 aliphatic rings. The molecule has 0 aliphatic carbocycles. The molecule has 146 valence electrons. The number of anilines is 2. The monoisotopic (exact) mass is 380 g/mol. The van der Waals surface area contributed by atoms with E-state index in [0.29, 0.717) is 16.7 Å². The van der Waals surface area contributed by atoms with Gasteiger partial charge in [-0.2, -0.15) is 0 Å². The molecule has 0 spiro atoms. The van der Waals surface area contributed by atoms with Crippen LogP contribution in [0.4, 0.5) is 11.4 Å². The molecule has 1 amide bonds. The van der Waals surface area contributed by atoms with Gasteiger partial charge in [-0.1, -0.05) is 24.3 Å². The van der Waals surface area contributed by atoms with Crippen LogP contribution in [0, 0.1) is 6.92 Å². The molecular weight excluding hydrogens is 356 g/mol. The normalized spacial score (nSPS) is 10.9. The molecular formula is C21H24N4O3. The maximum atomic E-state index is 12.7. The number of aryl methyl sites for hydroxylation is 3. The molecule has 0 aliphatic heterocycles. The van der Waals surface area contributed by atoms with Crippen LogP contribution < -0.4 is 21.3 Å². The zero-order chi connectivity index (χ0) is 20.6. The van der Waals surface area contributed by atoms with Crippen LogP contribution in [0.25, 0.3) is 11.0 Å². The zero-order valence-electron chi connectivity index (χ0n) is 16.7. The summed E-state index contributed by atoms with van der Waals surface area (Å²) in [7, 11) is 6.85. The lowest BCUT2D eigenvalue weighted by molar-refractivity contribution is -0.115. The minimum Gasteiger partial charge on any atom is -0.376 e. The molecule has 7 heteroatoms. The van der Waals surface area contributed by atoms with Gasteiger partial charge in [-0.15, -0.1) is 0 Å². The first-order valence-electron chi connectivity index (χ1n) is 8.96. The molecule has 1 aromatic heterocycles. The number of amides is 1. The molecule has 0 fully saturated rings. The van der Waals surface area contributed by atoms with Crippen LogP contribution in [0.15, 0.2) is 46.0 Å². The minimum absolute atomic E-state index is 0.147. The van der Waals surface area contributed by atoms with Crippen molar-refractivity contribution in [3.8, 4) is 0 Å². The van der Waals surface area contributed by atoms with Crippen LogP contribution in [0.5, 0.6) is 0 Å². The van der Waals surface area contributed by atoms with E-state index in [1.54, 1.807) is 26.2 Å². The quantitative estimate of drug-likeness (QED) is 0.700. The number of nitrogens with one attached hydrogen (secondary N) is 1. The van der Waals surface area contributed by atoms with Crippen LogP contribution in [0.3, 0.4) is 0 Å². The van der Waals surface area contributed by atoms with Gasteiger partial charge in [0.2, 0.25) is 5.91 Å². The highest BCUT2D eigenvalue weighted by atomic mass is 16.2. The van der Waals surface area contributed by atoms with E-state index in [0.717, 1.165) is 16.8 Å². The maximum Gasteiger partial charge on any atom is 0.316 e. The predicted molar refractivity (Wildman–Crippen MR) is 112 cm³/mol. The first-order valence-corrected chi connectivity index (χ1v) is 8.96. The van der Waals surface area contributed by atoms with Crippen LogP contribution in [-0.2, 0) is 25.3 Å². The van der Waals surface area contributed by atoms with Crippen molar-refractivity contribution in [3.63, 3.8) is 0 Å². The van der Waals surface area contributed by atoms with Crippen LogP contribution >= 0.6 is 0 Å². The number of carbonyl (C=O) groups excluding carboxylic acids is 1. The summed E-state index contributed by atoms with van der Waals surface area (Å²) in [6, 6.07) is 11.3. The number of fused-ring (bicyclic) bond motifs is 1. The lowest BCUT2D eigenvalue weighted by Crippen LogP contribution is -2.39. The Morgan fingerprint density at radius 2 is 1.57 bits per heavy atom. The van der Waals surface area contributed by atoms with Gasteiger partial charge in [0.05, 0.1) is 28.8 Å². The molecule has 1 N–H and O–H groups in total. The summed E-state index contributed by atoms with van der Waals surface area (Å²) in [6.45, 7) is 1.97. The second kappa shape index (κ2) is 7.34. The molecule has 0 saturated heterocycles. The smallest absolute Gasteiger partial charge is 0.316 e. The Balaban J connectivity index is 2.08. The van der Waals surface area contributed by atoms with Gasteiger partial charge in [0.15, 0.2) is 0 Å². The Morgan fingerprint density at radius 3 is 2.14 bits per heavy atom. The number of nitrogens with zero attached hydrogens (tertiary/aromatic N) is 3. The molecule has 1 heterocycles. The summed E-state index contributed by atoms with van der Waals surface area (Å²) in [5.74, 6) is -0.147. The fourth-order valence-corrected chi connectivity index (χ4v) is 3.25. The molecule has 0 saturated carbocycles. The highest BCUT2D eigenvalue weighted by Crippen LogP contribution is 2.29. The third-order valence-corrected chi connectivity index (χ3v) is 4.98. The van der Waals surface area contributed by atoms with Gasteiger partial charge in [0, 0.05) is 28.2 Å². The second-order valence-corrected chi connectivity index (χ2v) is 7.13. The third-order valence-electron chi connectivity index (χ3n) is 4.98. The Bertz CT molecular complexity index is 1190. The molecule has 0 unspecified atom stereocenters.